The van der Waals surface area contributed by atoms with Crippen LogP contribution in [0.5, 0.6) is 0 Å². The van der Waals surface area contributed by atoms with Gasteiger partial charge < -0.3 is 20.2 Å². The van der Waals surface area contributed by atoms with Crippen LogP contribution in [0.15, 0.2) is 12.1 Å². The second-order valence-electron chi connectivity index (χ2n) is 6.73. The molecule has 12 heteroatoms. The maximum atomic E-state index is 14.4. The zero-order chi connectivity index (χ0) is 22.0. The third-order valence-corrected chi connectivity index (χ3v) is 5.15. The quantitative estimate of drug-likeness (QED) is 0.661. The van der Waals surface area contributed by atoms with Gasteiger partial charge in [0, 0.05) is 38.2 Å². The summed E-state index contributed by atoms with van der Waals surface area (Å²) in [7, 11) is 0. The first-order valence-corrected chi connectivity index (χ1v) is 9.66. The highest BCUT2D eigenvalue weighted by Gasteiger charge is 2.38. The van der Waals surface area contributed by atoms with Crippen molar-refractivity contribution < 1.29 is 23.1 Å². The minimum Gasteiger partial charge on any atom is -0.465 e. The molecule has 0 bridgehead atoms. The van der Waals surface area contributed by atoms with E-state index in [9.17, 15) is 18.0 Å². The van der Waals surface area contributed by atoms with Crippen LogP contribution in [0.25, 0.3) is 0 Å². The van der Waals surface area contributed by atoms with Gasteiger partial charge in [0.2, 0.25) is 17.2 Å². The number of carboxylic acid groups (broad SMARTS) is 1. The van der Waals surface area contributed by atoms with E-state index < -0.39 is 35.5 Å². The molecule has 0 spiro atoms. The van der Waals surface area contributed by atoms with Gasteiger partial charge in [-0.25, -0.2) is 18.0 Å². The molecule has 3 rings (SSSR count). The van der Waals surface area contributed by atoms with Crippen LogP contribution in [0.4, 0.5) is 29.9 Å². The summed E-state index contributed by atoms with van der Waals surface area (Å²) in [6.07, 6.45) is -1.33. The zero-order valence-electron chi connectivity index (χ0n) is 16.2. The summed E-state index contributed by atoms with van der Waals surface area (Å²) in [5.74, 6) is -3.77. The first-order chi connectivity index (χ1) is 14.2. The summed E-state index contributed by atoms with van der Waals surface area (Å²) >= 11 is 6.05. The van der Waals surface area contributed by atoms with Crippen molar-refractivity contribution in [1.82, 2.24) is 20.3 Å². The molecule has 30 heavy (non-hydrogen) atoms. The fourth-order valence-electron chi connectivity index (χ4n) is 3.53. The summed E-state index contributed by atoms with van der Waals surface area (Å²) < 4.78 is 41.5. The number of hydrogen-bond donors (Lipinski definition) is 2. The number of amides is 1. The lowest BCUT2D eigenvalue weighted by Crippen LogP contribution is -2.39. The number of nitrogens with one attached hydrogen (secondary N) is 1. The summed E-state index contributed by atoms with van der Waals surface area (Å²) in [5.41, 5.74) is -0.140. The molecule has 1 aromatic carbocycles. The molecule has 1 aliphatic rings. The van der Waals surface area contributed by atoms with Crippen molar-refractivity contribution in [3.63, 3.8) is 0 Å². The third-order valence-electron chi connectivity index (χ3n) is 4.98. The number of halogens is 4. The topological polar surface area (TPSA) is 94.5 Å². The molecule has 0 radical (unpaired) electrons. The monoisotopic (exact) mass is 444 g/mol. The highest BCUT2D eigenvalue weighted by molar-refractivity contribution is 6.28. The number of anilines is 2. The minimum atomic E-state index is -1.33. The maximum Gasteiger partial charge on any atom is 0.404 e. The normalized spacial score (nSPS) is 18.5. The lowest BCUT2D eigenvalue weighted by molar-refractivity contribution is 0.189. The summed E-state index contributed by atoms with van der Waals surface area (Å²) in [6.45, 7) is 5.24. The lowest BCUT2D eigenvalue weighted by Gasteiger charge is -2.21. The van der Waals surface area contributed by atoms with Gasteiger partial charge in [-0.1, -0.05) is 0 Å². The van der Waals surface area contributed by atoms with E-state index in [2.05, 4.69) is 20.3 Å². The fourth-order valence-corrected chi connectivity index (χ4v) is 3.68. The van der Waals surface area contributed by atoms with Gasteiger partial charge in [-0.3, -0.25) is 0 Å². The Balaban J connectivity index is 1.97. The van der Waals surface area contributed by atoms with Crippen molar-refractivity contribution in [3.8, 4) is 0 Å². The molecule has 1 amide bonds. The number of nitrogens with zero attached hydrogens (tertiary/aromatic N) is 5. The van der Waals surface area contributed by atoms with Crippen LogP contribution >= 0.6 is 11.6 Å². The average molecular weight is 445 g/mol. The molecule has 0 unspecified atom stereocenters. The molecule has 1 fully saturated rings. The molecule has 0 aliphatic carbocycles. The second kappa shape index (κ2) is 8.90. The highest BCUT2D eigenvalue weighted by Crippen LogP contribution is 2.33. The average Bonchev–Trinajstić information content (AvgIpc) is 3.08. The Bertz CT molecular complexity index is 946. The van der Waals surface area contributed by atoms with Gasteiger partial charge >= 0.3 is 6.09 Å². The number of hydrogen-bond acceptors (Lipinski definition) is 6. The highest BCUT2D eigenvalue weighted by atomic mass is 35.5. The van der Waals surface area contributed by atoms with E-state index in [1.807, 2.05) is 18.7 Å². The van der Waals surface area contributed by atoms with Crippen molar-refractivity contribution >= 4 is 29.6 Å². The van der Waals surface area contributed by atoms with Crippen LogP contribution in [0.3, 0.4) is 0 Å². The Hall–Kier alpha value is -2.82. The van der Waals surface area contributed by atoms with Crippen molar-refractivity contribution in [2.24, 2.45) is 0 Å². The molecule has 2 N–H and O–H groups in total. The summed E-state index contributed by atoms with van der Waals surface area (Å²) in [4.78, 5) is 27.3. The van der Waals surface area contributed by atoms with Crippen LogP contribution in [-0.4, -0.2) is 58.4 Å². The van der Waals surface area contributed by atoms with Crippen molar-refractivity contribution in [2.75, 3.05) is 36.0 Å². The smallest absolute Gasteiger partial charge is 0.404 e. The Morgan fingerprint density at radius 3 is 2.47 bits per heavy atom. The fraction of sp³-hybridized carbons (Fsp3) is 0.444. The summed E-state index contributed by atoms with van der Waals surface area (Å²) in [5, 5.41) is 11.4. The van der Waals surface area contributed by atoms with E-state index in [-0.39, 0.29) is 29.9 Å². The van der Waals surface area contributed by atoms with E-state index in [1.165, 1.54) is 0 Å². The Kier molecular flexibility index (Phi) is 6.49. The SMILES string of the molecule is CCN(CC)c1nc(Cl)nc(N2C[C@H](NC(=O)O)[C@@H](c3cc(F)c(F)cc3F)C2)n1. The molecule has 1 aliphatic heterocycles. The van der Waals surface area contributed by atoms with Crippen LogP contribution in [0.2, 0.25) is 5.28 Å². The Morgan fingerprint density at radius 2 is 1.83 bits per heavy atom. The summed E-state index contributed by atoms with van der Waals surface area (Å²) in [6, 6.07) is 0.384. The van der Waals surface area contributed by atoms with Gasteiger partial charge in [0.05, 0.1) is 6.04 Å². The van der Waals surface area contributed by atoms with Gasteiger partial charge in [-0.2, -0.15) is 15.0 Å². The van der Waals surface area contributed by atoms with E-state index in [0.717, 1.165) is 6.07 Å². The molecule has 1 saturated heterocycles. The first-order valence-electron chi connectivity index (χ1n) is 9.28. The number of aromatic nitrogens is 3. The van der Waals surface area contributed by atoms with Gasteiger partial charge in [-0.15, -0.1) is 0 Å². The first kappa shape index (κ1) is 21.9. The van der Waals surface area contributed by atoms with E-state index in [4.69, 9.17) is 16.7 Å². The van der Waals surface area contributed by atoms with Crippen molar-refractivity contribution in [3.05, 3.63) is 40.4 Å². The van der Waals surface area contributed by atoms with Crippen molar-refractivity contribution in [2.45, 2.75) is 25.8 Å². The zero-order valence-corrected chi connectivity index (χ0v) is 17.0. The number of benzene rings is 1. The molecule has 8 nitrogen and oxygen atoms in total. The van der Waals surface area contributed by atoms with Gasteiger partial charge in [0.15, 0.2) is 11.6 Å². The Morgan fingerprint density at radius 1 is 1.17 bits per heavy atom. The Labute approximate surface area is 175 Å². The molecule has 2 heterocycles. The third kappa shape index (κ3) is 4.50. The second-order valence-corrected chi connectivity index (χ2v) is 7.07. The van der Waals surface area contributed by atoms with Gasteiger partial charge in [0.25, 0.3) is 0 Å². The van der Waals surface area contributed by atoms with Gasteiger partial charge in [-0.05, 0) is 37.1 Å². The van der Waals surface area contributed by atoms with E-state index >= 15 is 0 Å². The minimum absolute atomic E-state index is 0.0490. The van der Waals surface area contributed by atoms with Crippen molar-refractivity contribution in [1.29, 1.82) is 0 Å². The predicted molar refractivity (Wildman–Crippen MR) is 105 cm³/mol. The molecule has 2 aromatic rings. The van der Waals surface area contributed by atoms with Crippen LogP contribution < -0.4 is 15.1 Å². The number of carbonyl (C=O) groups is 1. The van der Waals surface area contributed by atoms with Crippen LogP contribution in [0, 0.1) is 17.5 Å². The molecule has 0 saturated carbocycles. The molecule has 162 valence electrons. The molecule has 1 aromatic heterocycles. The van der Waals surface area contributed by atoms with E-state index in [0.29, 0.717) is 25.1 Å². The number of rotatable bonds is 6. The van der Waals surface area contributed by atoms with E-state index in [1.54, 1.807) is 4.90 Å². The molecular formula is C18H20ClF3N6O2. The van der Waals surface area contributed by atoms with Crippen LogP contribution in [0.1, 0.15) is 25.3 Å². The standard InChI is InChI=1S/C18H20ClF3N6O2/c1-3-27(4-2)16-24-15(19)25-17(26-16)28-7-10(14(8-28)23-18(29)30)9-5-12(21)13(22)6-11(9)20/h5-6,10,14,23H,3-4,7-8H2,1-2H3,(H,29,30)/t10-,14+/m1/s1. The predicted octanol–water partition coefficient (Wildman–Crippen LogP) is 3.03. The maximum absolute atomic E-state index is 14.4. The largest absolute Gasteiger partial charge is 0.465 e. The lowest BCUT2D eigenvalue weighted by atomic mass is 9.93. The molecule has 2 atom stereocenters. The van der Waals surface area contributed by atoms with Gasteiger partial charge in [0.1, 0.15) is 5.82 Å². The molecular weight excluding hydrogens is 425 g/mol. The van der Waals surface area contributed by atoms with Crippen LogP contribution in [-0.2, 0) is 0 Å².